The predicted molar refractivity (Wildman–Crippen MR) is 87.3 cm³/mol. The lowest BCUT2D eigenvalue weighted by atomic mass is 9.79. The molecule has 0 bridgehead atoms. The van der Waals surface area contributed by atoms with Gasteiger partial charge < -0.3 is 9.47 Å². The molecule has 1 heterocycles. The molecule has 21 heavy (non-hydrogen) atoms. The summed E-state index contributed by atoms with van der Waals surface area (Å²) in [5, 5.41) is 0. The average Bonchev–Trinajstić information content (AvgIpc) is 2.37. The zero-order chi connectivity index (χ0) is 15.8. The minimum Gasteiger partial charge on any atom is -0.496 e. The number of aryl methyl sites for hydroxylation is 1. The molecule has 0 amide bonds. The number of rotatable bonds is 3. The van der Waals surface area contributed by atoms with Crippen molar-refractivity contribution in [1.29, 1.82) is 0 Å². The Morgan fingerprint density at radius 1 is 1.10 bits per heavy atom. The SMILES string of the molecule is COc1cc(OC2CC(C)(C)N(C)C(C)(C)C2)ccc1C. The summed E-state index contributed by atoms with van der Waals surface area (Å²) < 4.78 is 11.7. The van der Waals surface area contributed by atoms with Crippen molar-refractivity contribution < 1.29 is 9.47 Å². The summed E-state index contributed by atoms with van der Waals surface area (Å²) in [6.45, 7) is 11.2. The van der Waals surface area contributed by atoms with Crippen LogP contribution in [0.4, 0.5) is 0 Å². The van der Waals surface area contributed by atoms with Gasteiger partial charge in [0, 0.05) is 30.0 Å². The highest BCUT2D eigenvalue weighted by molar-refractivity contribution is 5.39. The van der Waals surface area contributed by atoms with Crippen molar-refractivity contribution in [3.8, 4) is 11.5 Å². The van der Waals surface area contributed by atoms with E-state index in [-0.39, 0.29) is 17.2 Å². The van der Waals surface area contributed by atoms with E-state index >= 15 is 0 Å². The standard InChI is InChI=1S/C18H29NO2/c1-13-8-9-14(10-16(13)20-7)21-15-11-17(2,3)19(6)18(4,5)12-15/h8-10,15H,11-12H2,1-7H3. The second-order valence-electron chi connectivity index (χ2n) is 7.46. The highest BCUT2D eigenvalue weighted by atomic mass is 16.5. The lowest BCUT2D eigenvalue weighted by Gasteiger charge is -2.53. The summed E-state index contributed by atoms with van der Waals surface area (Å²) in [7, 11) is 3.92. The highest BCUT2D eigenvalue weighted by Gasteiger charge is 2.43. The minimum absolute atomic E-state index is 0.140. The maximum absolute atomic E-state index is 6.27. The second kappa shape index (κ2) is 5.53. The van der Waals surface area contributed by atoms with Crippen LogP contribution in [0.3, 0.4) is 0 Å². The first kappa shape index (κ1) is 16.2. The Kier molecular flexibility index (Phi) is 4.25. The smallest absolute Gasteiger partial charge is 0.125 e. The molecule has 0 radical (unpaired) electrons. The van der Waals surface area contributed by atoms with Gasteiger partial charge in [0.2, 0.25) is 0 Å². The summed E-state index contributed by atoms with van der Waals surface area (Å²) in [6, 6.07) is 6.09. The molecule has 0 aromatic heterocycles. The van der Waals surface area contributed by atoms with Crippen molar-refractivity contribution in [1.82, 2.24) is 4.90 Å². The quantitative estimate of drug-likeness (QED) is 0.839. The highest BCUT2D eigenvalue weighted by Crippen LogP contribution is 2.38. The summed E-state index contributed by atoms with van der Waals surface area (Å²) in [4.78, 5) is 2.47. The van der Waals surface area contributed by atoms with Gasteiger partial charge in [0.1, 0.15) is 17.6 Å². The maximum atomic E-state index is 6.27. The van der Waals surface area contributed by atoms with E-state index in [0.29, 0.717) is 0 Å². The minimum atomic E-state index is 0.140. The fraction of sp³-hybridized carbons (Fsp3) is 0.667. The number of hydrogen-bond donors (Lipinski definition) is 0. The number of methoxy groups -OCH3 is 1. The van der Waals surface area contributed by atoms with Crippen LogP contribution in [-0.2, 0) is 0 Å². The first-order valence-corrected chi connectivity index (χ1v) is 7.71. The molecule has 3 heteroatoms. The maximum Gasteiger partial charge on any atom is 0.125 e. The first-order chi connectivity index (χ1) is 9.65. The van der Waals surface area contributed by atoms with Crippen molar-refractivity contribution >= 4 is 0 Å². The lowest BCUT2D eigenvalue weighted by molar-refractivity contribution is -0.0556. The van der Waals surface area contributed by atoms with Gasteiger partial charge in [-0.05, 0) is 53.3 Å². The number of piperidine rings is 1. The van der Waals surface area contributed by atoms with Gasteiger partial charge in [0.25, 0.3) is 0 Å². The molecule has 1 aromatic rings. The van der Waals surface area contributed by atoms with Crippen molar-refractivity contribution in [3.63, 3.8) is 0 Å². The van der Waals surface area contributed by atoms with E-state index in [4.69, 9.17) is 9.47 Å². The van der Waals surface area contributed by atoms with Gasteiger partial charge in [0.15, 0.2) is 0 Å². The molecule has 3 nitrogen and oxygen atoms in total. The van der Waals surface area contributed by atoms with E-state index in [2.05, 4.69) is 45.7 Å². The predicted octanol–water partition coefficient (Wildman–Crippen LogP) is 4.03. The Labute approximate surface area is 129 Å². The van der Waals surface area contributed by atoms with E-state index in [9.17, 15) is 0 Å². The molecule has 0 spiro atoms. The van der Waals surface area contributed by atoms with Crippen LogP contribution in [0, 0.1) is 6.92 Å². The Bertz CT molecular complexity index is 490. The molecule has 0 aliphatic carbocycles. The van der Waals surface area contributed by atoms with Gasteiger partial charge in [-0.25, -0.2) is 0 Å². The molecular formula is C18H29NO2. The Morgan fingerprint density at radius 2 is 1.67 bits per heavy atom. The topological polar surface area (TPSA) is 21.7 Å². The van der Waals surface area contributed by atoms with E-state index < -0.39 is 0 Å². The molecule has 0 N–H and O–H groups in total. The molecule has 1 saturated heterocycles. The molecule has 0 unspecified atom stereocenters. The van der Waals surface area contributed by atoms with Crippen LogP contribution in [0.1, 0.15) is 46.1 Å². The van der Waals surface area contributed by atoms with E-state index in [1.165, 1.54) is 0 Å². The molecule has 2 rings (SSSR count). The molecule has 1 aliphatic heterocycles. The molecular weight excluding hydrogens is 262 g/mol. The van der Waals surface area contributed by atoms with Crippen LogP contribution in [0.15, 0.2) is 18.2 Å². The van der Waals surface area contributed by atoms with Crippen LogP contribution in [0.2, 0.25) is 0 Å². The van der Waals surface area contributed by atoms with Crippen LogP contribution in [0.25, 0.3) is 0 Å². The molecule has 1 fully saturated rings. The normalized spacial score (nSPS) is 22.0. The number of nitrogens with zero attached hydrogens (tertiary/aromatic N) is 1. The van der Waals surface area contributed by atoms with Gasteiger partial charge in [-0.2, -0.15) is 0 Å². The summed E-state index contributed by atoms with van der Waals surface area (Å²) in [5.74, 6) is 1.79. The van der Waals surface area contributed by atoms with Crippen LogP contribution < -0.4 is 9.47 Å². The Hall–Kier alpha value is -1.22. The van der Waals surface area contributed by atoms with E-state index in [1.54, 1.807) is 7.11 Å². The lowest BCUT2D eigenvalue weighted by Crippen LogP contribution is -2.60. The Morgan fingerprint density at radius 3 is 2.19 bits per heavy atom. The second-order valence-corrected chi connectivity index (χ2v) is 7.46. The Balaban J connectivity index is 2.16. The van der Waals surface area contributed by atoms with E-state index in [1.807, 2.05) is 19.1 Å². The van der Waals surface area contributed by atoms with Crippen molar-refractivity contribution in [2.75, 3.05) is 14.2 Å². The summed E-state index contributed by atoms with van der Waals surface area (Å²) in [5.41, 5.74) is 1.41. The zero-order valence-electron chi connectivity index (χ0n) is 14.5. The first-order valence-electron chi connectivity index (χ1n) is 7.71. The molecule has 118 valence electrons. The number of hydrogen-bond acceptors (Lipinski definition) is 3. The van der Waals surface area contributed by atoms with Crippen molar-refractivity contribution in [2.24, 2.45) is 0 Å². The zero-order valence-corrected chi connectivity index (χ0v) is 14.5. The van der Waals surface area contributed by atoms with Crippen LogP contribution in [-0.4, -0.2) is 36.2 Å². The summed E-state index contributed by atoms with van der Waals surface area (Å²) in [6.07, 6.45) is 2.30. The summed E-state index contributed by atoms with van der Waals surface area (Å²) >= 11 is 0. The van der Waals surface area contributed by atoms with Gasteiger partial charge in [0.05, 0.1) is 7.11 Å². The third-order valence-electron chi connectivity index (χ3n) is 4.95. The molecule has 1 aliphatic rings. The fourth-order valence-corrected chi connectivity index (χ4v) is 3.43. The molecule has 1 aromatic carbocycles. The molecule has 0 atom stereocenters. The largest absolute Gasteiger partial charge is 0.496 e. The number of ether oxygens (including phenoxy) is 2. The third-order valence-corrected chi connectivity index (χ3v) is 4.95. The van der Waals surface area contributed by atoms with Crippen LogP contribution in [0.5, 0.6) is 11.5 Å². The number of benzene rings is 1. The van der Waals surface area contributed by atoms with E-state index in [0.717, 1.165) is 29.9 Å². The van der Waals surface area contributed by atoms with Crippen LogP contribution >= 0.6 is 0 Å². The van der Waals surface area contributed by atoms with Gasteiger partial charge in [-0.3, -0.25) is 4.90 Å². The van der Waals surface area contributed by atoms with Gasteiger partial charge >= 0.3 is 0 Å². The molecule has 0 saturated carbocycles. The van der Waals surface area contributed by atoms with Crippen molar-refractivity contribution in [3.05, 3.63) is 23.8 Å². The fourth-order valence-electron chi connectivity index (χ4n) is 3.43. The third kappa shape index (κ3) is 3.34. The number of likely N-dealkylation sites (tertiary alicyclic amines) is 1. The average molecular weight is 291 g/mol. The van der Waals surface area contributed by atoms with Gasteiger partial charge in [-0.15, -0.1) is 0 Å². The van der Waals surface area contributed by atoms with Crippen molar-refractivity contribution in [2.45, 2.75) is 64.6 Å². The van der Waals surface area contributed by atoms with Gasteiger partial charge in [-0.1, -0.05) is 6.07 Å². The monoisotopic (exact) mass is 291 g/mol.